The Hall–Kier alpha value is -2.87. The molecule has 0 heterocycles. The SMILES string of the molecule is COc1cc(/C=N\NC(=O)c2cc(Cl)ccc2O)ccc1OC(F)F. The Morgan fingerprint density at radius 2 is 2.04 bits per heavy atom. The van der Waals surface area contributed by atoms with E-state index in [4.69, 9.17) is 16.3 Å². The zero-order valence-corrected chi connectivity index (χ0v) is 13.6. The van der Waals surface area contributed by atoms with Gasteiger partial charge in [0.1, 0.15) is 5.75 Å². The van der Waals surface area contributed by atoms with Crippen LogP contribution < -0.4 is 14.9 Å². The largest absolute Gasteiger partial charge is 0.507 e. The fraction of sp³-hybridized carbons (Fsp3) is 0.125. The lowest BCUT2D eigenvalue weighted by atomic mass is 10.2. The Morgan fingerprint density at radius 3 is 2.72 bits per heavy atom. The average molecular weight is 371 g/mol. The lowest BCUT2D eigenvalue weighted by Crippen LogP contribution is -2.17. The molecule has 25 heavy (non-hydrogen) atoms. The number of aromatic hydroxyl groups is 1. The smallest absolute Gasteiger partial charge is 0.387 e. The number of phenols is 1. The molecule has 0 aliphatic carbocycles. The monoisotopic (exact) mass is 370 g/mol. The van der Waals surface area contributed by atoms with Crippen molar-refractivity contribution in [1.82, 2.24) is 5.43 Å². The van der Waals surface area contributed by atoms with Gasteiger partial charge < -0.3 is 14.6 Å². The van der Waals surface area contributed by atoms with Gasteiger partial charge in [0.25, 0.3) is 5.91 Å². The lowest BCUT2D eigenvalue weighted by molar-refractivity contribution is -0.0512. The van der Waals surface area contributed by atoms with Gasteiger partial charge in [0.15, 0.2) is 11.5 Å². The molecule has 132 valence electrons. The minimum atomic E-state index is -2.97. The van der Waals surface area contributed by atoms with Crippen molar-refractivity contribution in [1.29, 1.82) is 0 Å². The second-order valence-electron chi connectivity index (χ2n) is 4.65. The molecular weight excluding hydrogens is 358 g/mol. The summed E-state index contributed by atoms with van der Waals surface area (Å²) >= 11 is 5.77. The van der Waals surface area contributed by atoms with Crippen LogP contribution in [0.25, 0.3) is 0 Å². The highest BCUT2D eigenvalue weighted by molar-refractivity contribution is 6.31. The summed E-state index contributed by atoms with van der Waals surface area (Å²) in [6.45, 7) is -2.97. The van der Waals surface area contributed by atoms with Gasteiger partial charge in [-0.05, 0) is 42.0 Å². The molecule has 0 unspecified atom stereocenters. The quantitative estimate of drug-likeness (QED) is 0.603. The van der Waals surface area contributed by atoms with Crippen LogP contribution in [-0.2, 0) is 0 Å². The zero-order valence-electron chi connectivity index (χ0n) is 12.9. The average Bonchev–Trinajstić information content (AvgIpc) is 2.57. The van der Waals surface area contributed by atoms with Crippen molar-refractivity contribution >= 4 is 23.7 Å². The van der Waals surface area contributed by atoms with Gasteiger partial charge in [-0.1, -0.05) is 11.6 Å². The number of ether oxygens (including phenoxy) is 2. The fourth-order valence-electron chi connectivity index (χ4n) is 1.87. The van der Waals surface area contributed by atoms with E-state index < -0.39 is 12.5 Å². The molecule has 2 N–H and O–H groups in total. The first kappa shape index (κ1) is 18.5. The maximum Gasteiger partial charge on any atom is 0.387 e. The van der Waals surface area contributed by atoms with E-state index in [-0.39, 0.29) is 27.8 Å². The van der Waals surface area contributed by atoms with Crippen molar-refractivity contribution in [3.8, 4) is 17.2 Å². The summed E-state index contributed by atoms with van der Waals surface area (Å²) in [6.07, 6.45) is 1.27. The first-order valence-electron chi connectivity index (χ1n) is 6.85. The molecule has 0 aliphatic heterocycles. The minimum absolute atomic E-state index is 0.0390. The van der Waals surface area contributed by atoms with Crippen molar-refractivity contribution in [2.75, 3.05) is 7.11 Å². The maximum absolute atomic E-state index is 12.3. The molecule has 0 atom stereocenters. The van der Waals surface area contributed by atoms with Gasteiger partial charge in [-0.25, -0.2) is 5.43 Å². The molecule has 0 spiro atoms. The molecule has 0 radical (unpaired) electrons. The number of amides is 1. The summed E-state index contributed by atoms with van der Waals surface area (Å²) in [5.74, 6) is -0.946. The zero-order chi connectivity index (χ0) is 18.4. The van der Waals surface area contributed by atoms with Crippen LogP contribution >= 0.6 is 11.6 Å². The third kappa shape index (κ3) is 5.05. The van der Waals surface area contributed by atoms with Crippen LogP contribution in [0.5, 0.6) is 17.2 Å². The van der Waals surface area contributed by atoms with Crippen LogP contribution in [0.1, 0.15) is 15.9 Å². The molecule has 0 bridgehead atoms. The van der Waals surface area contributed by atoms with E-state index in [0.29, 0.717) is 5.56 Å². The molecule has 0 aliphatic rings. The van der Waals surface area contributed by atoms with Crippen LogP contribution in [0.15, 0.2) is 41.5 Å². The number of hydrazone groups is 1. The molecule has 0 aromatic heterocycles. The summed E-state index contributed by atoms with van der Waals surface area (Å²) in [6, 6.07) is 8.16. The first-order chi connectivity index (χ1) is 11.9. The predicted molar refractivity (Wildman–Crippen MR) is 87.8 cm³/mol. The second kappa shape index (κ2) is 8.29. The molecule has 1 amide bonds. The molecule has 0 fully saturated rings. The van der Waals surface area contributed by atoms with Gasteiger partial charge in [0.05, 0.1) is 18.9 Å². The number of phenolic OH excluding ortho intramolecular Hbond substituents is 1. The summed E-state index contributed by atoms with van der Waals surface area (Å²) < 4.78 is 33.8. The number of nitrogens with zero attached hydrogens (tertiary/aromatic N) is 1. The summed E-state index contributed by atoms with van der Waals surface area (Å²) in [7, 11) is 1.30. The van der Waals surface area contributed by atoms with Crippen molar-refractivity contribution < 1.29 is 28.2 Å². The number of alkyl halides is 2. The number of hydrogen-bond donors (Lipinski definition) is 2. The number of rotatable bonds is 6. The van der Waals surface area contributed by atoms with Crippen molar-refractivity contribution in [2.45, 2.75) is 6.61 Å². The first-order valence-corrected chi connectivity index (χ1v) is 7.23. The van der Waals surface area contributed by atoms with Crippen LogP contribution in [-0.4, -0.2) is 30.9 Å². The molecule has 2 aromatic rings. The third-order valence-electron chi connectivity index (χ3n) is 2.99. The lowest BCUT2D eigenvalue weighted by Gasteiger charge is -2.10. The van der Waals surface area contributed by atoms with E-state index in [2.05, 4.69) is 15.3 Å². The molecule has 2 aromatic carbocycles. The van der Waals surface area contributed by atoms with Crippen LogP contribution in [0.3, 0.4) is 0 Å². The highest BCUT2D eigenvalue weighted by Gasteiger charge is 2.12. The minimum Gasteiger partial charge on any atom is -0.507 e. The Balaban J connectivity index is 2.09. The number of carbonyl (C=O) groups excluding carboxylic acids is 1. The molecule has 0 saturated carbocycles. The molecule has 2 rings (SSSR count). The van der Waals surface area contributed by atoms with E-state index in [0.717, 1.165) is 0 Å². The van der Waals surface area contributed by atoms with Gasteiger partial charge in [0, 0.05) is 5.02 Å². The van der Waals surface area contributed by atoms with E-state index in [1.807, 2.05) is 0 Å². The molecule has 9 heteroatoms. The number of halogens is 3. The molecule has 6 nitrogen and oxygen atoms in total. The highest BCUT2D eigenvalue weighted by Crippen LogP contribution is 2.29. The van der Waals surface area contributed by atoms with E-state index in [9.17, 15) is 18.7 Å². The normalized spacial score (nSPS) is 10.9. The number of methoxy groups -OCH3 is 1. The topological polar surface area (TPSA) is 80.2 Å². The van der Waals surface area contributed by atoms with Crippen LogP contribution in [0.4, 0.5) is 8.78 Å². The summed E-state index contributed by atoms with van der Waals surface area (Å²) in [5, 5.41) is 13.6. The van der Waals surface area contributed by atoms with Crippen LogP contribution in [0.2, 0.25) is 5.02 Å². The Bertz CT molecular complexity index is 800. The van der Waals surface area contributed by atoms with E-state index >= 15 is 0 Å². The van der Waals surface area contributed by atoms with Gasteiger partial charge in [-0.2, -0.15) is 13.9 Å². The van der Waals surface area contributed by atoms with E-state index in [1.165, 1.54) is 49.7 Å². The van der Waals surface area contributed by atoms with Gasteiger partial charge in [0.2, 0.25) is 0 Å². The number of hydrogen-bond acceptors (Lipinski definition) is 5. The summed E-state index contributed by atoms with van der Waals surface area (Å²) in [4.78, 5) is 11.9. The van der Waals surface area contributed by atoms with Crippen molar-refractivity contribution in [3.05, 3.63) is 52.5 Å². The van der Waals surface area contributed by atoms with E-state index in [1.54, 1.807) is 0 Å². The Labute approximate surface area is 146 Å². The molecular formula is C16H13ClF2N2O4. The second-order valence-corrected chi connectivity index (χ2v) is 5.09. The van der Waals surface area contributed by atoms with Crippen molar-refractivity contribution in [2.24, 2.45) is 5.10 Å². The number of carbonyl (C=O) groups is 1. The fourth-order valence-corrected chi connectivity index (χ4v) is 2.05. The highest BCUT2D eigenvalue weighted by atomic mass is 35.5. The number of benzene rings is 2. The third-order valence-corrected chi connectivity index (χ3v) is 3.22. The predicted octanol–water partition coefficient (Wildman–Crippen LogP) is 3.42. The Morgan fingerprint density at radius 1 is 1.28 bits per heavy atom. The standard InChI is InChI=1S/C16H13ClF2N2O4/c1-24-14-6-9(2-5-13(14)25-16(18)19)8-20-21-15(23)11-7-10(17)3-4-12(11)22/h2-8,16,22H,1H3,(H,21,23)/b20-8-. The maximum atomic E-state index is 12.3. The Kier molecular flexibility index (Phi) is 6.13. The summed E-state index contributed by atoms with van der Waals surface area (Å²) in [5.41, 5.74) is 2.65. The molecule has 0 saturated heterocycles. The van der Waals surface area contributed by atoms with Gasteiger partial charge in [-0.3, -0.25) is 4.79 Å². The number of nitrogens with one attached hydrogen (secondary N) is 1. The van der Waals surface area contributed by atoms with Gasteiger partial charge >= 0.3 is 6.61 Å². The van der Waals surface area contributed by atoms with Crippen LogP contribution in [0, 0.1) is 0 Å². The van der Waals surface area contributed by atoms with Gasteiger partial charge in [-0.15, -0.1) is 0 Å². The van der Waals surface area contributed by atoms with Crippen molar-refractivity contribution in [3.63, 3.8) is 0 Å².